The van der Waals surface area contributed by atoms with Gasteiger partial charge >= 0.3 is 0 Å². The molecular weight excluding hydrogens is 228 g/mol. The molecule has 0 N–H and O–H groups in total. The van der Waals surface area contributed by atoms with E-state index in [2.05, 4.69) is 12.1 Å². The van der Waals surface area contributed by atoms with Crippen molar-refractivity contribution in [3.8, 4) is 0 Å². The molecule has 0 saturated heterocycles. The number of hydrogen-bond acceptors (Lipinski definition) is 3. The van der Waals surface area contributed by atoms with E-state index in [0.717, 1.165) is 6.42 Å². The van der Waals surface area contributed by atoms with Crippen LogP contribution in [0.2, 0.25) is 0 Å². The minimum atomic E-state index is -0.932. The Hall–Kier alpha value is -1.68. The Bertz CT molecular complexity index is 468. The highest BCUT2D eigenvalue weighted by atomic mass is 16.6. The zero-order valence-corrected chi connectivity index (χ0v) is 10.8. The second kappa shape index (κ2) is 4.90. The largest absolute Gasteiger partial charge is 0.280 e. The molecule has 0 bridgehead atoms. The number of nitrogens with zero attached hydrogens (tertiary/aromatic N) is 2. The topological polar surface area (TPSA) is 46.4 Å². The van der Waals surface area contributed by atoms with Crippen LogP contribution in [0.25, 0.3) is 5.57 Å². The summed E-state index contributed by atoms with van der Waals surface area (Å²) in [5, 5.41) is 11.3. The molecule has 0 fully saturated rings. The SMILES string of the molecule is CN(C)C1([N+](=O)[O-])CC=C(c2ccccc2)CC1. The average molecular weight is 246 g/mol. The van der Waals surface area contributed by atoms with E-state index in [9.17, 15) is 10.1 Å². The Kier molecular flexibility index (Phi) is 3.48. The molecule has 0 saturated carbocycles. The zero-order chi connectivity index (χ0) is 13.2. The summed E-state index contributed by atoms with van der Waals surface area (Å²) in [4.78, 5) is 12.9. The third-order valence-corrected chi connectivity index (χ3v) is 3.79. The maximum atomic E-state index is 11.3. The van der Waals surface area contributed by atoms with Crippen molar-refractivity contribution in [1.29, 1.82) is 0 Å². The van der Waals surface area contributed by atoms with E-state index in [1.165, 1.54) is 11.1 Å². The molecular formula is C14H18N2O2. The Morgan fingerprint density at radius 1 is 1.28 bits per heavy atom. The van der Waals surface area contributed by atoms with Crippen molar-refractivity contribution in [1.82, 2.24) is 4.90 Å². The first-order chi connectivity index (χ1) is 8.56. The summed E-state index contributed by atoms with van der Waals surface area (Å²) in [6.07, 6.45) is 3.80. The molecule has 0 aliphatic heterocycles. The van der Waals surface area contributed by atoms with E-state index in [1.54, 1.807) is 19.0 Å². The summed E-state index contributed by atoms with van der Waals surface area (Å²) >= 11 is 0. The third kappa shape index (κ3) is 2.16. The molecule has 1 aliphatic carbocycles. The van der Waals surface area contributed by atoms with Crippen molar-refractivity contribution in [3.05, 3.63) is 52.1 Å². The molecule has 0 heterocycles. The van der Waals surface area contributed by atoms with Crippen LogP contribution in [0.5, 0.6) is 0 Å². The fraction of sp³-hybridized carbons (Fsp3) is 0.429. The molecule has 1 aromatic rings. The van der Waals surface area contributed by atoms with Gasteiger partial charge in [-0.3, -0.25) is 10.1 Å². The van der Waals surface area contributed by atoms with Gasteiger partial charge in [0.25, 0.3) is 5.66 Å². The second-order valence-electron chi connectivity index (χ2n) is 4.93. The number of nitro groups is 1. The molecule has 1 unspecified atom stereocenters. The van der Waals surface area contributed by atoms with E-state index in [-0.39, 0.29) is 4.92 Å². The summed E-state index contributed by atoms with van der Waals surface area (Å²) in [6.45, 7) is 0. The van der Waals surface area contributed by atoms with Crippen LogP contribution in [0.15, 0.2) is 36.4 Å². The average Bonchev–Trinajstić information content (AvgIpc) is 2.39. The lowest BCUT2D eigenvalue weighted by molar-refractivity contribution is -0.599. The molecule has 18 heavy (non-hydrogen) atoms. The Balaban J connectivity index is 2.24. The standard InChI is InChI=1S/C14H18N2O2/c1-15(2)14(16(17)18)10-8-13(9-11-14)12-6-4-3-5-7-12/h3-8H,9-11H2,1-2H3. The lowest BCUT2D eigenvalue weighted by atomic mass is 9.86. The van der Waals surface area contributed by atoms with Crippen molar-refractivity contribution in [2.75, 3.05) is 14.1 Å². The van der Waals surface area contributed by atoms with Gasteiger partial charge < -0.3 is 0 Å². The number of hydrogen-bond donors (Lipinski definition) is 0. The first-order valence-corrected chi connectivity index (χ1v) is 6.13. The number of allylic oxidation sites excluding steroid dienone is 1. The summed E-state index contributed by atoms with van der Waals surface area (Å²) < 4.78 is 0. The predicted octanol–water partition coefficient (Wildman–Crippen LogP) is 2.79. The van der Waals surface area contributed by atoms with Gasteiger partial charge in [0, 0.05) is 11.3 Å². The van der Waals surface area contributed by atoms with E-state index < -0.39 is 5.66 Å². The first kappa shape index (κ1) is 12.8. The van der Waals surface area contributed by atoms with Crippen molar-refractivity contribution in [3.63, 3.8) is 0 Å². The van der Waals surface area contributed by atoms with E-state index in [4.69, 9.17) is 0 Å². The minimum absolute atomic E-state index is 0.148. The normalized spacial score (nSPS) is 23.8. The van der Waals surface area contributed by atoms with E-state index in [1.807, 2.05) is 24.3 Å². The molecule has 1 aromatic carbocycles. The molecule has 4 heteroatoms. The summed E-state index contributed by atoms with van der Waals surface area (Å²) in [5.41, 5.74) is 1.46. The third-order valence-electron chi connectivity index (χ3n) is 3.79. The van der Waals surface area contributed by atoms with Gasteiger partial charge in [0.2, 0.25) is 0 Å². The second-order valence-corrected chi connectivity index (χ2v) is 4.93. The van der Waals surface area contributed by atoms with Crippen molar-refractivity contribution in [2.24, 2.45) is 0 Å². The highest BCUT2D eigenvalue weighted by Crippen LogP contribution is 2.35. The maximum Gasteiger partial charge on any atom is 0.280 e. The summed E-state index contributed by atoms with van der Waals surface area (Å²) in [6, 6.07) is 10.1. The Morgan fingerprint density at radius 3 is 2.39 bits per heavy atom. The van der Waals surface area contributed by atoms with Gasteiger partial charge in [0.1, 0.15) is 0 Å². The van der Waals surface area contributed by atoms with Gasteiger partial charge in [-0.2, -0.15) is 0 Å². The molecule has 1 atom stereocenters. The number of benzene rings is 1. The smallest absolute Gasteiger partial charge is 0.263 e. The molecule has 0 spiro atoms. The highest BCUT2D eigenvalue weighted by Gasteiger charge is 2.45. The summed E-state index contributed by atoms with van der Waals surface area (Å²) in [7, 11) is 3.56. The van der Waals surface area contributed by atoms with Gasteiger partial charge in [0.15, 0.2) is 0 Å². The highest BCUT2D eigenvalue weighted by molar-refractivity contribution is 5.66. The lowest BCUT2D eigenvalue weighted by Crippen LogP contribution is -2.51. The molecule has 0 amide bonds. The molecule has 0 radical (unpaired) electrons. The molecule has 0 aromatic heterocycles. The van der Waals surface area contributed by atoms with Crippen molar-refractivity contribution < 1.29 is 4.92 Å². The van der Waals surface area contributed by atoms with Gasteiger partial charge in [-0.15, -0.1) is 0 Å². The Morgan fingerprint density at radius 2 is 1.94 bits per heavy atom. The lowest BCUT2D eigenvalue weighted by Gasteiger charge is -2.33. The number of rotatable bonds is 3. The predicted molar refractivity (Wildman–Crippen MR) is 71.7 cm³/mol. The Labute approximate surface area is 107 Å². The minimum Gasteiger partial charge on any atom is -0.263 e. The van der Waals surface area contributed by atoms with Crippen LogP contribution in [-0.2, 0) is 0 Å². The fourth-order valence-electron chi connectivity index (χ4n) is 2.48. The monoisotopic (exact) mass is 246 g/mol. The van der Waals surface area contributed by atoms with Crippen LogP contribution in [0.4, 0.5) is 0 Å². The molecule has 1 aliphatic rings. The zero-order valence-electron chi connectivity index (χ0n) is 10.8. The van der Waals surface area contributed by atoms with Crippen LogP contribution in [-0.4, -0.2) is 29.6 Å². The van der Waals surface area contributed by atoms with Crippen molar-refractivity contribution in [2.45, 2.75) is 24.9 Å². The molecule has 4 nitrogen and oxygen atoms in total. The van der Waals surface area contributed by atoms with Crippen LogP contribution in [0.3, 0.4) is 0 Å². The van der Waals surface area contributed by atoms with Gasteiger partial charge in [-0.05, 0) is 31.7 Å². The summed E-state index contributed by atoms with van der Waals surface area (Å²) in [5.74, 6) is 0. The van der Waals surface area contributed by atoms with Gasteiger partial charge in [-0.25, -0.2) is 4.90 Å². The molecule has 96 valence electrons. The fourth-order valence-corrected chi connectivity index (χ4v) is 2.48. The van der Waals surface area contributed by atoms with Crippen molar-refractivity contribution >= 4 is 5.57 Å². The van der Waals surface area contributed by atoms with Crippen LogP contribution in [0.1, 0.15) is 24.8 Å². The van der Waals surface area contributed by atoms with Crippen LogP contribution in [0, 0.1) is 10.1 Å². The van der Waals surface area contributed by atoms with E-state index in [0.29, 0.717) is 12.8 Å². The van der Waals surface area contributed by atoms with Gasteiger partial charge in [-0.1, -0.05) is 36.4 Å². The molecule has 2 rings (SSSR count). The quantitative estimate of drug-likeness (QED) is 0.468. The van der Waals surface area contributed by atoms with Crippen LogP contribution >= 0.6 is 0 Å². The maximum absolute atomic E-state index is 11.3. The van der Waals surface area contributed by atoms with E-state index >= 15 is 0 Å². The van der Waals surface area contributed by atoms with Gasteiger partial charge in [0.05, 0.1) is 6.42 Å². The first-order valence-electron chi connectivity index (χ1n) is 6.13. The van der Waals surface area contributed by atoms with Crippen LogP contribution < -0.4 is 0 Å².